The number of fused-ring (bicyclic) bond motifs is 2. The maximum absolute atomic E-state index is 13.8. The molecule has 7 heteroatoms. The van der Waals surface area contributed by atoms with Gasteiger partial charge in [0.1, 0.15) is 6.04 Å². The Labute approximate surface area is 232 Å². The first kappa shape index (κ1) is 29.0. The number of aryl methyl sites for hydroxylation is 1. The number of carbonyl (C=O) groups is 3. The Hall–Kier alpha value is -3.03. The highest BCUT2D eigenvalue weighted by atomic mass is 16.2. The molecule has 0 bridgehead atoms. The molecule has 2 aromatic carbocycles. The molecule has 1 heterocycles. The second-order valence-electron chi connectivity index (χ2n) is 11.8. The Balaban J connectivity index is 1.48. The van der Waals surface area contributed by atoms with Crippen LogP contribution in [0.1, 0.15) is 81.9 Å². The zero-order valence-electron chi connectivity index (χ0n) is 23.7. The van der Waals surface area contributed by atoms with Crippen molar-refractivity contribution in [1.29, 1.82) is 0 Å². The molecular weight excluding hydrogens is 488 g/mol. The summed E-state index contributed by atoms with van der Waals surface area (Å²) in [6, 6.07) is 17.8. The van der Waals surface area contributed by atoms with Crippen LogP contribution in [0.3, 0.4) is 0 Å². The highest BCUT2D eigenvalue weighted by Gasteiger charge is 2.45. The largest absolute Gasteiger partial charge is 0.343 e. The molecule has 2 atom stereocenters. The predicted molar refractivity (Wildman–Crippen MR) is 154 cm³/mol. The molecule has 1 aliphatic carbocycles. The van der Waals surface area contributed by atoms with Gasteiger partial charge >= 0.3 is 0 Å². The van der Waals surface area contributed by atoms with E-state index in [1.165, 1.54) is 21.6 Å². The summed E-state index contributed by atoms with van der Waals surface area (Å²) in [5, 5.41) is 6.32. The molecule has 1 aliphatic heterocycles. The van der Waals surface area contributed by atoms with Crippen LogP contribution < -0.4 is 16.4 Å². The van der Waals surface area contributed by atoms with Gasteiger partial charge in [-0.1, -0.05) is 54.6 Å². The molecule has 0 radical (unpaired) electrons. The smallest absolute Gasteiger partial charge is 0.251 e. The maximum Gasteiger partial charge on any atom is 0.251 e. The standard InChI is InChI=1S/C32H44N4O3/c1-4-36(28(37)21-24-22-32(17-19-34-20-18-32)26-15-9-8-14-25(24)26)29(38)27(35-30(39)31(2,3)33)16-10-13-23-11-6-5-7-12-23/h5-9,11-12,14-15,24,27,34H,4,10,13,16-22,33H2,1-3H3,(H,35,39)/t24-,27-/m1/s1. The van der Waals surface area contributed by atoms with Crippen LogP contribution in [0.4, 0.5) is 0 Å². The highest BCUT2D eigenvalue weighted by Crippen LogP contribution is 2.52. The van der Waals surface area contributed by atoms with Gasteiger partial charge in [-0.15, -0.1) is 0 Å². The first-order valence-corrected chi connectivity index (χ1v) is 14.4. The fourth-order valence-corrected chi connectivity index (χ4v) is 6.31. The topological polar surface area (TPSA) is 105 Å². The molecule has 210 valence electrons. The van der Waals surface area contributed by atoms with E-state index in [1.807, 2.05) is 31.2 Å². The van der Waals surface area contributed by atoms with Gasteiger partial charge in [-0.05, 0) is 100 Å². The Morgan fingerprint density at radius 3 is 2.41 bits per heavy atom. The van der Waals surface area contributed by atoms with E-state index in [4.69, 9.17) is 5.73 Å². The van der Waals surface area contributed by atoms with Crippen LogP contribution in [-0.4, -0.2) is 53.8 Å². The van der Waals surface area contributed by atoms with Crippen molar-refractivity contribution >= 4 is 17.7 Å². The number of amides is 3. The molecule has 2 aromatic rings. The normalized spacial score (nSPS) is 18.8. The summed E-state index contributed by atoms with van der Waals surface area (Å²) in [5.41, 5.74) is 8.79. The van der Waals surface area contributed by atoms with Crippen LogP contribution >= 0.6 is 0 Å². The summed E-state index contributed by atoms with van der Waals surface area (Å²) in [6.45, 7) is 7.28. The lowest BCUT2D eigenvalue weighted by Gasteiger charge is -2.35. The van der Waals surface area contributed by atoms with E-state index in [9.17, 15) is 14.4 Å². The number of piperidine rings is 1. The summed E-state index contributed by atoms with van der Waals surface area (Å²) in [5.74, 6) is -0.844. The summed E-state index contributed by atoms with van der Waals surface area (Å²) < 4.78 is 0. The summed E-state index contributed by atoms with van der Waals surface area (Å²) in [7, 11) is 0. The third kappa shape index (κ3) is 6.76. The van der Waals surface area contributed by atoms with Gasteiger partial charge in [0.2, 0.25) is 11.8 Å². The molecule has 4 N–H and O–H groups in total. The van der Waals surface area contributed by atoms with E-state index in [0.29, 0.717) is 19.3 Å². The van der Waals surface area contributed by atoms with Crippen LogP contribution in [0.2, 0.25) is 0 Å². The Morgan fingerprint density at radius 1 is 1.08 bits per heavy atom. The number of hydrogen-bond donors (Lipinski definition) is 3. The minimum Gasteiger partial charge on any atom is -0.343 e. The molecule has 2 aliphatic rings. The monoisotopic (exact) mass is 532 g/mol. The van der Waals surface area contributed by atoms with E-state index in [1.54, 1.807) is 13.8 Å². The molecule has 39 heavy (non-hydrogen) atoms. The third-order valence-electron chi connectivity index (χ3n) is 8.46. The van der Waals surface area contributed by atoms with Crippen molar-refractivity contribution in [2.24, 2.45) is 5.73 Å². The second-order valence-corrected chi connectivity index (χ2v) is 11.8. The van der Waals surface area contributed by atoms with Crippen LogP contribution in [0.25, 0.3) is 0 Å². The summed E-state index contributed by atoms with van der Waals surface area (Å²) in [4.78, 5) is 41.6. The maximum atomic E-state index is 13.8. The fourth-order valence-electron chi connectivity index (χ4n) is 6.31. The van der Waals surface area contributed by atoms with Gasteiger partial charge < -0.3 is 16.4 Å². The number of likely N-dealkylation sites (N-methyl/N-ethyl adjacent to an activating group) is 1. The Bertz CT molecular complexity index is 1150. The van der Waals surface area contributed by atoms with Crippen molar-refractivity contribution in [3.05, 3.63) is 71.3 Å². The third-order valence-corrected chi connectivity index (χ3v) is 8.46. The molecular formula is C32H44N4O3. The van der Waals surface area contributed by atoms with Gasteiger partial charge in [-0.2, -0.15) is 0 Å². The molecule has 0 aromatic heterocycles. The Morgan fingerprint density at radius 2 is 1.74 bits per heavy atom. The van der Waals surface area contributed by atoms with Crippen LogP contribution in [0.15, 0.2) is 54.6 Å². The van der Waals surface area contributed by atoms with Crippen LogP contribution in [0, 0.1) is 0 Å². The molecule has 4 rings (SSSR count). The fraction of sp³-hybridized carbons (Fsp3) is 0.531. The van der Waals surface area contributed by atoms with E-state index >= 15 is 0 Å². The van der Waals surface area contributed by atoms with Crippen molar-refractivity contribution in [3.63, 3.8) is 0 Å². The zero-order valence-corrected chi connectivity index (χ0v) is 23.7. The second kappa shape index (κ2) is 12.4. The predicted octanol–water partition coefficient (Wildman–Crippen LogP) is 3.81. The van der Waals surface area contributed by atoms with Gasteiger partial charge in [0.05, 0.1) is 5.54 Å². The van der Waals surface area contributed by atoms with E-state index in [2.05, 4.69) is 41.0 Å². The molecule has 0 saturated carbocycles. The number of nitrogens with one attached hydrogen (secondary N) is 2. The summed E-state index contributed by atoms with van der Waals surface area (Å²) in [6.07, 6.45) is 5.27. The first-order chi connectivity index (χ1) is 18.6. The lowest BCUT2D eigenvalue weighted by Crippen LogP contribution is -2.57. The zero-order chi connectivity index (χ0) is 28.0. The average Bonchev–Trinajstić information content (AvgIpc) is 3.21. The van der Waals surface area contributed by atoms with Gasteiger partial charge in [0.15, 0.2) is 0 Å². The average molecular weight is 533 g/mol. The highest BCUT2D eigenvalue weighted by molar-refractivity contribution is 6.00. The van der Waals surface area contributed by atoms with E-state index in [0.717, 1.165) is 38.8 Å². The van der Waals surface area contributed by atoms with Crippen LogP contribution in [0.5, 0.6) is 0 Å². The van der Waals surface area contributed by atoms with E-state index in [-0.39, 0.29) is 29.7 Å². The van der Waals surface area contributed by atoms with E-state index < -0.39 is 17.5 Å². The number of imide groups is 1. The number of benzene rings is 2. The van der Waals surface area contributed by atoms with Crippen molar-refractivity contribution in [1.82, 2.24) is 15.5 Å². The van der Waals surface area contributed by atoms with Crippen molar-refractivity contribution in [2.75, 3.05) is 19.6 Å². The van der Waals surface area contributed by atoms with Gasteiger partial charge in [0.25, 0.3) is 5.91 Å². The lowest BCUT2D eigenvalue weighted by atomic mass is 9.73. The van der Waals surface area contributed by atoms with Gasteiger partial charge in [-0.25, -0.2) is 0 Å². The quantitative estimate of drug-likeness (QED) is 0.432. The van der Waals surface area contributed by atoms with Crippen LogP contribution in [-0.2, 0) is 26.2 Å². The molecule has 7 nitrogen and oxygen atoms in total. The molecule has 1 saturated heterocycles. The van der Waals surface area contributed by atoms with Gasteiger partial charge in [-0.3, -0.25) is 19.3 Å². The molecule has 3 amide bonds. The molecule has 0 unspecified atom stereocenters. The summed E-state index contributed by atoms with van der Waals surface area (Å²) >= 11 is 0. The number of carbonyl (C=O) groups excluding carboxylic acids is 3. The number of hydrogen-bond acceptors (Lipinski definition) is 5. The minimum absolute atomic E-state index is 0.0859. The molecule has 1 spiro atoms. The van der Waals surface area contributed by atoms with Crippen molar-refractivity contribution in [2.45, 2.75) is 88.6 Å². The number of nitrogens with zero attached hydrogens (tertiary/aromatic N) is 1. The van der Waals surface area contributed by atoms with Gasteiger partial charge in [0, 0.05) is 13.0 Å². The minimum atomic E-state index is -1.13. The number of nitrogens with two attached hydrogens (primary N) is 1. The lowest BCUT2D eigenvalue weighted by molar-refractivity contribution is -0.147. The Kier molecular flexibility index (Phi) is 9.23. The SMILES string of the molecule is CCN(C(=O)C[C@@H]1CC2(CCNCC2)c2ccccc21)C(=O)[C@@H](CCCc1ccccc1)NC(=O)C(C)(C)N. The van der Waals surface area contributed by atoms with Crippen molar-refractivity contribution < 1.29 is 14.4 Å². The van der Waals surface area contributed by atoms with Crippen molar-refractivity contribution in [3.8, 4) is 0 Å². The number of rotatable bonds is 10. The first-order valence-electron chi connectivity index (χ1n) is 14.4. The molecule has 1 fully saturated rings.